The normalized spacial score (nSPS) is 23.9. The van der Waals surface area contributed by atoms with E-state index in [0.29, 0.717) is 5.56 Å². The Kier molecular flexibility index (Phi) is 1.95. The number of nitro groups is 1. The molecule has 0 aliphatic carbocycles. The van der Waals surface area contributed by atoms with Crippen molar-refractivity contribution in [3.8, 4) is 12.3 Å². The summed E-state index contributed by atoms with van der Waals surface area (Å²) in [5.41, 5.74) is 0.621. The Morgan fingerprint density at radius 1 is 1.50 bits per heavy atom. The molecule has 1 aliphatic heterocycles. The molecule has 1 saturated heterocycles. The summed E-state index contributed by atoms with van der Waals surface area (Å²) in [6.07, 6.45) is 4.53. The molecule has 1 aromatic carbocycles. The van der Waals surface area contributed by atoms with Crippen LogP contribution < -0.4 is 0 Å². The number of epoxide rings is 1. The number of hydrogen-bond acceptors (Lipinski definition) is 3. The van der Waals surface area contributed by atoms with Gasteiger partial charge in [-0.25, -0.2) is 0 Å². The van der Waals surface area contributed by atoms with Crippen LogP contribution in [0.1, 0.15) is 11.7 Å². The van der Waals surface area contributed by atoms with E-state index in [4.69, 9.17) is 11.2 Å². The van der Waals surface area contributed by atoms with Crippen LogP contribution in [0.3, 0.4) is 0 Å². The molecule has 1 aromatic rings. The van der Waals surface area contributed by atoms with Crippen molar-refractivity contribution in [1.82, 2.24) is 0 Å². The van der Waals surface area contributed by atoms with Gasteiger partial charge in [0.1, 0.15) is 12.2 Å². The number of para-hydroxylation sites is 1. The highest BCUT2D eigenvalue weighted by Crippen LogP contribution is 2.41. The molecule has 4 heteroatoms. The standard InChI is InChI=1S/C10H7NO3/c1-2-9-10(14-9)7-5-3-4-6-8(7)11(12)13/h1,3-6,9-10H/t9-,10-/m1/s1. The maximum Gasteiger partial charge on any atom is 0.275 e. The molecule has 4 nitrogen and oxygen atoms in total. The predicted octanol–water partition coefficient (Wildman–Crippen LogP) is 1.67. The third-order valence-corrected chi connectivity index (χ3v) is 2.10. The van der Waals surface area contributed by atoms with Gasteiger partial charge in [0, 0.05) is 6.07 Å². The quantitative estimate of drug-likeness (QED) is 0.308. The number of rotatable bonds is 2. The number of hydrogen-bond donors (Lipinski definition) is 0. The molecule has 70 valence electrons. The van der Waals surface area contributed by atoms with Crippen LogP contribution in [-0.4, -0.2) is 11.0 Å². The van der Waals surface area contributed by atoms with Crippen molar-refractivity contribution in [3.63, 3.8) is 0 Å². The van der Waals surface area contributed by atoms with Gasteiger partial charge in [0.25, 0.3) is 5.69 Å². The van der Waals surface area contributed by atoms with Crippen LogP contribution in [0.5, 0.6) is 0 Å². The highest BCUT2D eigenvalue weighted by atomic mass is 16.6. The zero-order chi connectivity index (χ0) is 10.1. The summed E-state index contributed by atoms with van der Waals surface area (Å²) < 4.78 is 5.10. The van der Waals surface area contributed by atoms with Gasteiger partial charge in [-0.05, 0) is 6.07 Å². The van der Waals surface area contributed by atoms with E-state index in [2.05, 4.69) is 5.92 Å². The van der Waals surface area contributed by atoms with Gasteiger partial charge in [0.05, 0.1) is 10.5 Å². The Balaban J connectivity index is 2.35. The third kappa shape index (κ3) is 1.34. The fourth-order valence-electron chi connectivity index (χ4n) is 1.37. The second kappa shape index (κ2) is 3.13. The molecule has 0 bridgehead atoms. The number of benzene rings is 1. The summed E-state index contributed by atoms with van der Waals surface area (Å²) in [5, 5.41) is 10.6. The van der Waals surface area contributed by atoms with Crippen molar-refractivity contribution >= 4 is 5.69 Å². The fourth-order valence-corrected chi connectivity index (χ4v) is 1.37. The second-order valence-electron chi connectivity index (χ2n) is 2.96. The Bertz CT molecular complexity index is 422. The molecule has 0 spiro atoms. The minimum Gasteiger partial charge on any atom is -0.350 e. The molecule has 14 heavy (non-hydrogen) atoms. The third-order valence-electron chi connectivity index (χ3n) is 2.10. The van der Waals surface area contributed by atoms with Gasteiger partial charge in [-0.2, -0.15) is 0 Å². The minimum absolute atomic E-state index is 0.0650. The van der Waals surface area contributed by atoms with Crippen molar-refractivity contribution in [2.24, 2.45) is 0 Å². The molecular formula is C10H7NO3. The maximum atomic E-state index is 10.6. The lowest BCUT2D eigenvalue weighted by Crippen LogP contribution is -1.94. The van der Waals surface area contributed by atoms with Gasteiger partial charge >= 0.3 is 0 Å². The van der Waals surface area contributed by atoms with Gasteiger partial charge in [0.2, 0.25) is 0 Å². The number of terminal acetylenes is 1. The molecule has 0 unspecified atom stereocenters. The van der Waals surface area contributed by atoms with Crippen LogP contribution in [0.25, 0.3) is 0 Å². The number of nitro benzene ring substituents is 1. The monoisotopic (exact) mass is 189 g/mol. The molecular weight excluding hydrogens is 182 g/mol. The molecule has 2 rings (SSSR count). The van der Waals surface area contributed by atoms with E-state index in [0.717, 1.165) is 0 Å². The SMILES string of the molecule is C#C[C@H]1O[C@@H]1c1ccccc1[N+](=O)[O-]. The van der Waals surface area contributed by atoms with Crippen LogP contribution in [0.4, 0.5) is 5.69 Å². The van der Waals surface area contributed by atoms with Crippen LogP contribution in [0.15, 0.2) is 24.3 Å². The molecule has 2 atom stereocenters. The number of nitrogens with zero attached hydrogens (tertiary/aromatic N) is 1. The molecule has 0 aromatic heterocycles. The maximum absolute atomic E-state index is 10.6. The average molecular weight is 189 g/mol. The fraction of sp³-hybridized carbons (Fsp3) is 0.200. The molecule has 0 saturated carbocycles. The van der Waals surface area contributed by atoms with E-state index in [-0.39, 0.29) is 17.9 Å². The lowest BCUT2D eigenvalue weighted by Gasteiger charge is -1.96. The molecule has 0 radical (unpaired) electrons. The molecule has 1 fully saturated rings. The Morgan fingerprint density at radius 3 is 2.79 bits per heavy atom. The van der Waals surface area contributed by atoms with Gasteiger partial charge in [0.15, 0.2) is 0 Å². The Hall–Kier alpha value is -1.86. The molecule has 1 heterocycles. The van der Waals surface area contributed by atoms with Crippen molar-refractivity contribution in [3.05, 3.63) is 39.9 Å². The van der Waals surface area contributed by atoms with Crippen molar-refractivity contribution in [2.45, 2.75) is 12.2 Å². The van der Waals surface area contributed by atoms with E-state index in [1.807, 2.05) is 0 Å². The van der Waals surface area contributed by atoms with Gasteiger partial charge in [-0.3, -0.25) is 10.1 Å². The first-order chi connectivity index (χ1) is 6.74. The van der Waals surface area contributed by atoms with E-state index >= 15 is 0 Å². The summed E-state index contributed by atoms with van der Waals surface area (Å²) in [6.45, 7) is 0. The highest BCUT2D eigenvalue weighted by Gasteiger charge is 2.42. The van der Waals surface area contributed by atoms with E-state index in [1.54, 1.807) is 18.2 Å². The summed E-state index contributed by atoms with van der Waals surface area (Å²) in [7, 11) is 0. The van der Waals surface area contributed by atoms with Gasteiger partial charge in [-0.15, -0.1) is 6.42 Å². The van der Waals surface area contributed by atoms with Crippen LogP contribution in [-0.2, 0) is 4.74 Å². The second-order valence-corrected chi connectivity index (χ2v) is 2.96. The van der Waals surface area contributed by atoms with Crippen LogP contribution in [0, 0.1) is 22.5 Å². The zero-order valence-corrected chi connectivity index (χ0v) is 7.21. The first kappa shape index (κ1) is 8.73. The topological polar surface area (TPSA) is 55.7 Å². The lowest BCUT2D eigenvalue weighted by atomic mass is 10.1. The largest absolute Gasteiger partial charge is 0.350 e. The van der Waals surface area contributed by atoms with Crippen molar-refractivity contribution < 1.29 is 9.66 Å². The van der Waals surface area contributed by atoms with E-state index < -0.39 is 4.92 Å². The average Bonchev–Trinajstić information content (AvgIpc) is 2.96. The Morgan fingerprint density at radius 2 is 2.21 bits per heavy atom. The summed E-state index contributed by atoms with van der Waals surface area (Å²) >= 11 is 0. The van der Waals surface area contributed by atoms with Crippen LogP contribution in [0.2, 0.25) is 0 Å². The smallest absolute Gasteiger partial charge is 0.275 e. The van der Waals surface area contributed by atoms with Crippen molar-refractivity contribution in [1.29, 1.82) is 0 Å². The first-order valence-corrected chi connectivity index (χ1v) is 4.09. The highest BCUT2D eigenvalue weighted by molar-refractivity contribution is 5.44. The van der Waals surface area contributed by atoms with Gasteiger partial charge < -0.3 is 4.74 Å². The zero-order valence-electron chi connectivity index (χ0n) is 7.21. The summed E-state index contributed by atoms with van der Waals surface area (Å²) in [6, 6.07) is 6.47. The number of ether oxygens (including phenoxy) is 1. The predicted molar refractivity (Wildman–Crippen MR) is 49.5 cm³/mol. The Labute approximate surface area is 80.7 Å². The van der Waals surface area contributed by atoms with Gasteiger partial charge in [-0.1, -0.05) is 18.1 Å². The molecule has 0 amide bonds. The summed E-state index contributed by atoms with van der Waals surface area (Å²) in [4.78, 5) is 10.2. The molecule has 1 aliphatic rings. The van der Waals surface area contributed by atoms with Crippen molar-refractivity contribution in [2.75, 3.05) is 0 Å². The van der Waals surface area contributed by atoms with Crippen LogP contribution >= 0.6 is 0 Å². The first-order valence-electron chi connectivity index (χ1n) is 4.09. The lowest BCUT2D eigenvalue weighted by molar-refractivity contribution is -0.385. The van der Waals surface area contributed by atoms with E-state index in [9.17, 15) is 10.1 Å². The minimum atomic E-state index is -0.426. The molecule has 0 N–H and O–H groups in total. The van der Waals surface area contributed by atoms with E-state index in [1.165, 1.54) is 6.07 Å². The summed E-state index contributed by atoms with van der Waals surface area (Å²) in [5.74, 6) is 2.41.